The maximum absolute atomic E-state index is 12.4. The normalized spacial score (nSPS) is 20.7. The Morgan fingerprint density at radius 2 is 1.96 bits per heavy atom. The monoisotopic (exact) mass is 370 g/mol. The number of nitrogens with zero attached hydrogens (tertiary/aromatic N) is 2. The van der Waals surface area contributed by atoms with Gasteiger partial charge < -0.3 is 4.90 Å². The molecule has 3 rings (SSSR count). The van der Waals surface area contributed by atoms with Crippen molar-refractivity contribution in [2.24, 2.45) is 0 Å². The van der Waals surface area contributed by atoms with E-state index in [2.05, 4.69) is 0 Å². The maximum atomic E-state index is 12.4. The van der Waals surface area contributed by atoms with Crippen LogP contribution >= 0.6 is 34.7 Å². The Hall–Kier alpha value is -1.31. The first kappa shape index (κ1) is 16.5. The number of hydrogen-bond donors (Lipinski definition) is 0. The van der Waals surface area contributed by atoms with Crippen molar-refractivity contribution in [1.82, 2.24) is 9.80 Å². The molecule has 0 aromatic carbocycles. The third-order valence-corrected chi connectivity index (χ3v) is 5.83. The molecule has 0 bridgehead atoms. The molecule has 0 radical (unpaired) electrons. The highest BCUT2D eigenvalue weighted by atomic mass is 35.5. The van der Waals surface area contributed by atoms with Gasteiger partial charge in [0, 0.05) is 18.0 Å². The van der Waals surface area contributed by atoms with E-state index < -0.39 is 11.1 Å². The summed E-state index contributed by atoms with van der Waals surface area (Å²) in [5.74, 6) is -0.567. The van der Waals surface area contributed by atoms with Crippen molar-refractivity contribution < 1.29 is 14.4 Å². The van der Waals surface area contributed by atoms with Crippen LogP contribution in [0, 0.1) is 0 Å². The lowest BCUT2D eigenvalue weighted by atomic mass is 10.1. The highest BCUT2D eigenvalue weighted by Crippen LogP contribution is 2.34. The van der Waals surface area contributed by atoms with Gasteiger partial charge in [-0.3, -0.25) is 19.3 Å². The summed E-state index contributed by atoms with van der Waals surface area (Å²) in [6.07, 6.45) is 4.73. The van der Waals surface area contributed by atoms with Crippen LogP contribution in [0.5, 0.6) is 0 Å². The van der Waals surface area contributed by atoms with Gasteiger partial charge in [0.1, 0.15) is 6.54 Å². The lowest BCUT2D eigenvalue weighted by Crippen LogP contribution is -2.44. The Morgan fingerprint density at radius 1 is 1.22 bits per heavy atom. The van der Waals surface area contributed by atoms with Crippen molar-refractivity contribution in [3.05, 3.63) is 26.3 Å². The summed E-state index contributed by atoms with van der Waals surface area (Å²) >= 11 is 8.06. The largest absolute Gasteiger partial charge is 0.341 e. The fraction of sp³-hybridized carbons (Fsp3) is 0.400. The van der Waals surface area contributed by atoms with Gasteiger partial charge in [-0.2, -0.15) is 0 Å². The molecule has 2 saturated heterocycles. The standard InChI is InChI=1S/C15H15ClN2O3S2/c16-12-5-4-10(22-12)8-11-14(20)18(15(21)23-11)9-13(19)17-6-2-1-3-7-17/h4-5,8H,1-3,6-7,9H2. The summed E-state index contributed by atoms with van der Waals surface area (Å²) in [4.78, 5) is 40.6. The van der Waals surface area contributed by atoms with E-state index in [0.29, 0.717) is 22.3 Å². The van der Waals surface area contributed by atoms with E-state index in [4.69, 9.17) is 11.6 Å². The van der Waals surface area contributed by atoms with Crippen molar-refractivity contribution in [3.8, 4) is 0 Å². The molecule has 122 valence electrons. The average molecular weight is 371 g/mol. The van der Waals surface area contributed by atoms with Crippen molar-refractivity contribution in [2.75, 3.05) is 19.6 Å². The first-order valence-corrected chi connectivity index (χ1v) is 9.34. The summed E-state index contributed by atoms with van der Waals surface area (Å²) in [6.45, 7) is 1.24. The van der Waals surface area contributed by atoms with Gasteiger partial charge in [-0.15, -0.1) is 11.3 Å². The first-order chi connectivity index (χ1) is 11.0. The minimum absolute atomic E-state index is 0.160. The van der Waals surface area contributed by atoms with Gasteiger partial charge in [-0.05, 0) is 49.2 Å². The highest BCUT2D eigenvalue weighted by molar-refractivity contribution is 8.18. The third-order valence-electron chi connectivity index (χ3n) is 3.74. The Labute approximate surface area is 147 Å². The highest BCUT2D eigenvalue weighted by Gasteiger charge is 2.37. The second-order valence-electron chi connectivity index (χ2n) is 5.35. The van der Waals surface area contributed by atoms with E-state index in [9.17, 15) is 14.4 Å². The number of halogens is 1. The van der Waals surface area contributed by atoms with Crippen LogP contribution in [0.2, 0.25) is 4.34 Å². The van der Waals surface area contributed by atoms with E-state index in [1.54, 1.807) is 23.1 Å². The number of hydrogen-bond acceptors (Lipinski definition) is 5. The second-order valence-corrected chi connectivity index (χ2v) is 8.09. The van der Waals surface area contributed by atoms with Gasteiger partial charge >= 0.3 is 0 Å². The molecular formula is C15H15ClN2O3S2. The number of amides is 3. The number of thiophene rings is 1. The van der Waals surface area contributed by atoms with E-state index >= 15 is 0 Å². The minimum Gasteiger partial charge on any atom is -0.341 e. The SMILES string of the molecule is O=C(CN1C(=O)SC(=Cc2ccc(Cl)s2)C1=O)N1CCCCC1. The zero-order valence-electron chi connectivity index (χ0n) is 12.3. The summed E-state index contributed by atoms with van der Waals surface area (Å²) in [5, 5.41) is -0.394. The van der Waals surface area contributed by atoms with Crippen LogP contribution in [0.3, 0.4) is 0 Å². The quantitative estimate of drug-likeness (QED) is 0.764. The van der Waals surface area contributed by atoms with Crippen molar-refractivity contribution in [1.29, 1.82) is 0 Å². The molecule has 0 N–H and O–H groups in total. The molecule has 0 unspecified atom stereocenters. The van der Waals surface area contributed by atoms with Gasteiger partial charge in [0.15, 0.2) is 0 Å². The summed E-state index contributed by atoms with van der Waals surface area (Å²) in [6, 6.07) is 3.53. The van der Waals surface area contributed by atoms with Gasteiger partial charge in [-0.1, -0.05) is 11.6 Å². The number of imide groups is 1. The predicted octanol–water partition coefficient (Wildman–Crippen LogP) is 3.45. The van der Waals surface area contributed by atoms with Gasteiger partial charge in [0.05, 0.1) is 9.24 Å². The fourth-order valence-corrected chi connectivity index (χ4v) is 4.46. The summed E-state index contributed by atoms with van der Waals surface area (Å²) < 4.78 is 0.621. The molecule has 2 aliphatic heterocycles. The van der Waals surface area contributed by atoms with Crippen LogP contribution in [0.15, 0.2) is 17.0 Å². The molecule has 23 heavy (non-hydrogen) atoms. The average Bonchev–Trinajstić information content (AvgIpc) is 3.07. The molecule has 1 aromatic rings. The van der Waals surface area contributed by atoms with Gasteiger partial charge in [-0.25, -0.2) is 0 Å². The number of likely N-dealkylation sites (tertiary alicyclic amines) is 1. The molecule has 0 atom stereocenters. The maximum Gasteiger partial charge on any atom is 0.294 e. The molecule has 2 aliphatic rings. The van der Waals surface area contributed by atoms with Crippen LogP contribution in [0.1, 0.15) is 24.1 Å². The Morgan fingerprint density at radius 3 is 2.61 bits per heavy atom. The van der Waals surface area contributed by atoms with E-state index in [1.165, 1.54) is 11.3 Å². The molecule has 3 heterocycles. The molecule has 5 nitrogen and oxygen atoms in total. The van der Waals surface area contributed by atoms with Crippen molar-refractivity contribution in [3.63, 3.8) is 0 Å². The molecule has 2 fully saturated rings. The Bertz CT molecular complexity index is 680. The molecule has 8 heteroatoms. The van der Waals surface area contributed by atoms with Gasteiger partial charge in [0.2, 0.25) is 5.91 Å². The topological polar surface area (TPSA) is 57.7 Å². The lowest BCUT2D eigenvalue weighted by Gasteiger charge is -2.27. The van der Waals surface area contributed by atoms with Crippen molar-refractivity contribution in [2.45, 2.75) is 19.3 Å². The van der Waals surface area contributed by atoms with Gasteiger partial charge in [0.25, 0.3) is 11.1 Å². The van der Waals surface area contributed by atoms with E-state index in [1.807, 2.05) is 0 Å². The number of carbonyl (C=O) groups excluding carboxylic acids is 3. The molecule has 0 aliphatic carbocycles. The summed E-state index contributed by atoms with van der Waals surface area (Å²) in [7, 11) is 0. The first-order valence-electron chi connectivity index (χ1n) is 7.33. The molecule has 0 spiro atoms. The number of rotatable bonds is 3. The minimum atomic E-state index is -0.408. The number of thioether (sulfide) groups is 1. The molecular weight excluding hydrogens is 356 g/mol. The summed E-state index contributed by atoms with van der Waals surface area (Å²) in [5.41, 5.74) is 0. The molecule has 1 aromatic heterocycles. The lowest BCUT2D eigenvalue weighted by molar-refractivity contribution is -0.136. The number of piperidine rings is 1. The molecule has 0 saturated carbocycles. The fourth-order valence-electron chi connectivity index (χ4n) is 2.55. The zero-order valence-corrected chi connectivity index (χ0v) is 14.7. The predicted molar refractivity (Wildman–Crippen MR) is 92.4 cm³/mol. The smallest absolute Gasteiger partial charge is 0.294 e. The Kier molecular flexibility index (Phi) is 5.08. The van der Waals surface area contributed by atoms with Crippen LogP contribution in [-0.4, -0.2) is 46.5 Å². The van der Waals surface area contributed by atoms with E-state index in [0.717, 1.165) is 40.8 Å². The molecule has 3 amide bonds. The number of carbonyl (C=O) groups is 3. The van der Waals surface area contributed by atoms with Crippen LogP contribution < -0.4 is 0 Å². The second kappa shape index (κ2) is 7.07. The van der Waals surface area contributed by atoms with Crippen LogP contribution in [0.25, 0.3) is 6.08 Å². The van der Waals surface area contributed by atoms with Crippen LogP contribution in [-0.2, 0) is 9.59 Å². The van der Waals surface area contributed by atoms with E-state index in [-0.39, 0.29) is 12.5 Å². The van der Waals surface area contributed by atoms with Crippen LogP contribution in [0.4, 0.5) is 4.79 Å². The third kappa shape index (κ3) is 3.79. The Balaban J connectivity index is 1.68. The zero-order chi connectivity index (χ0) is 16.4. The van der Waals surface area contributed by atoms with Crippen molar-refractivity contribution >= 4 is 57.8 Å².